The van der Waals surface area contributed by atoms with Crippen molar-refractivity contribution in [3.05, 3.63) is 23.3 Å². The fraction of sp³-hybridized carbons (Fsp3) is 0.571. The highest BCUT2D eigenvalue weighted by Crippen LogP contribution is 2.21. The average Bonchev–Trinajstić information content (AvgIpc) is 2.38. The Hall–Kier alpha value is -1.26. The number of hydrogen-bond acceptors (Lipinski definition) is 4. The Bertz CT molecular complexity index is 304. The van der Waals surface area contributed by atoms with Gasteiger partial charge in [-0.15, -0.1) is 0 Å². The van der Waals surface area contributed by atoms with Gasteiger partial charge in [0, 0.05) is 11.4 Å². The van der Waals surface area contributed by atoms with Gasteiger partial charge in [-0.05, 0) is 57.0 Å². The molecule has 0 amide bonds. The summed E-state index contributed by atoms with van der Waals surface area (Å²) in [7, 11) is 0. The summed E-state index contributed by atoms with van der Waals surface area (Å²) in [5.41, 5.74) is 25.5. The van der Waals surface area contributed by atoms with Crippen molar-refractivity contribution in [3.8, 4) is 0 Å². The van der Waals surface area contributed by atoms with Gasteiger partial charge < -0.3 is 22.9 Å². The quantitative estimate of drug-likeness (QED) is 0.475. The summed E-state index contributed by atoms with van der Waals surface area (Å²) in [6.45, 7) is 5.55. The molecule has 0 fully saturated rings. The highest BCUT2D eigenvalue weighted by Gasteiger charge is 1.99. The molecule has 4 nitrogen and oxygen atoms in total. The van der Waals surface area contributed by atoms with Crippen molar-refractivity contribution >= 4 is 11.4 Å². The first-order valence-electron chi connectivity index (χ1n) is 6.55. The van der Waals surface area contributed by atoms with Crippen LogP contribution in [0.15, 0.2) is 12.1 Å². The second kappa shape index (κ2) is 9.74. The number of rotatable bonds is 5. The predicted octanol–water partition coefficient (Wildman–Crippen LogP) is 1.93. The maximum Gasteiger partial charge on any atom is 0.0394 e. The summed E-state index contributed by atoms with van der Waals surface area (Å²) in [6, 6.07) is 3.80. The molecule has 104 valence electrons. The number of nitrogen functional groups attached to an aromatic ring is 2. The van der Waals surface area contributed by atoms with Crippen molar-refractivity contribution in [2.24, 2.45) is 11.5 Å². The van der Waals surface area contributed by atoms with Crippen molar-refractivity contribution in [2.45, 2.75) is 39.5 Å². The summed E-state index contributed by atoms with van der Waals surface area (Å²) in [6.07, 6.45) is 4.79. The van der Waals surface area contributed by atoms with Gasteiger partial charge in [0.2, 0.25) is 0 Å². The third-order valence-corrected chi connectivity index (χ3v) is 2.93. The minimum atomic E-state index is 0.767. The largest absolute Gasteiger partial charge is 0.398 e. The molecule has 1 aromatic carbocycles. The molecule has 1 aromatic rings. The molecule has 0 aliphatic carbocycles. The van der Waals surface area contributed by atoms with Gasteiger partial charge in [0.25, 0.3) is 0 Å². The average molecular weight is 252 g/mol. The monoisotopic (exact) mass is 252 g/mol. The summed E-state index contributed by atoms with van der Waals surface area (Å²) >= 11 is 0. The maximum absolute atomic E-state index is 5.70. The van der Waals surface area contributed by atoms with E-state index in [2.05, 4.69) is 0 Å². The van der Waals surface area contributed by atoms with Crippen LogP contribution < -0.4 is 22.9 Å². The van der Waals surface area contributed by atoms with Crippen LogP contribution in [0.25, 0.3) is 0 Å². The second-order valence-corrected chi connectivity index (χ2v) is 4.50. The molecule has 1 rings (SSSR count). The van der Waals surface area contributed by atoms with Gasteiger partial charge in [-0.2, -0.15) is 0 Å². The smallest absolute Gasteiger partial charge is 0.0394 e. The molecular weight excluding hydrogens is 224 g/mol. The summed E-state index contributed by atoms with van der Waals surface area (Å²) < 4.78 is 0. The molecule has 0 spiro atoms. The highest BCUT2D eigenvalue weighted by molar-refractivity contribution is 5.64. The molecule has 0 saturated heterocycles. The van der Waals surface area contributed by atoms with E-state index in [4.69, 9.17) is 22.9 Å². The van der Waals surface area contributed by atoms with E-state index in [0.29, 0.717) is 0 Å². The van der Waals surface area contributed by atoms with Crippen LogP contribution in [0.1, 0.15) is 36.8 Å². The Morgan fingerprint density at radius 2 is 1.33 bits per heavy atom. The zero-order valence-electron chi connectivity index (χ0n) is 11.7. The van der Waals surface area contributed by atoms with Crippen molar-refractivity contribution in [1.29, 1.82) is 0 Å². The molecule has 0 bridgehead atoms. The topological polar surface area (TPSA) is 104 Å². The predicted molar refractivity (Wildman–Crippen MR) is 81.3 cm³/mol. The lowest BCUT2D eigenvalue weighted by Gasteiger charge is -2.05. The number of benzene rings is 1. The van der Waals surface area contributed by atoms with Crippen molar-refractivity contribution in [2.75, 3.05) is 24.6 Å². The van der Waals surface area contributed by atoms with E-state index in [1.807, 2.05) is 26.0 Å². The molecule has 0 heterocycles. The number of anilines is 2. The van der Waals surface area contributed by atoms with Crippen LogP contribution in [-0.2, 0) is 0 Å². The van der Waals surface area contributed by atoms with Gasteiger partial charge in [-0.3, -0.25) is 0 Å². The van der Waals surface area contributed by atoms with Crippen LogP contribution in [-0.4, -0.2) is 13.1 Å². The molecule has 0 saturated carbocycles. The van der Waals surface area contributed by atoms with Gasteiger partial charge in [-0.25, -0.2) is 0 Å². The van der Waals surface area contributed by atoms with Crippen molar-refractivity contribution in [3.63, 3.8) is 0 Å². The van der Waals surface area contributed by atoms with E-state index in [1.165, 1.54) is 12.8 Å². The Balaban J connectivity index is 0.000000331. The molecular formula is C14H28N4. The van der Waals surface area contributed by atoms with E-state index in [-0.39, 0.29) is 0 Å². The number of unbranched alkanes of at least 4 members (excludes halogenated alkanes) is 3. The van der Waals surface area contributed by atoms with E-state index in [1.54, 1.807) is 0 Å². The Morgan fingerprint density at radius 3 is 1.72 bits per heavy atom. The van der Waals surface area contributed by atoms with Crippen molar-refractivity contribution in [1.82, 2.24) is 0 Å². The molecule has 0 aromatic heterocycles. The number of aryl methyl sites for hydroxylation is 1. The molecule has 18 heavy (non-hydrogen) atoms. The SMILES string of the molecule is Cc1ccc(N)c(C)c1N.NCCCCCCN. The van der Waals surface area contributed by atoms with Crippen LogP contribution in [0.5, 0.6) is 0 Å². The summed E-state index contributed by atoms with van der Waals surface area (Å²) in [5, 5.41) is 0. The Labute approximate surface area is 111 Å². The standard InChI is InChI=1S/C8H12N2.C6H16N2/c1-5-3-4-7(9)6(2)8(5)10;7-5-3-1-2-4-6-8/h3-4H,9-10H2,1-2H3;1-8H2. The van der Waals surface area contributed by atoms with E-state index in [9.17, 15) is 0 Å². The minimum Gasteiger partial charge on any atom is -0.398 e. The minimum absolute atomic E-state index is 0.767. The zero-order chi connectivity index (χ0) is 14.0. The Kier molecular flexibility index (Phi) is 9.06. The van der Waals surface area contributed by atoms with Gasteiger partial charge in [0.05, 0.1) is 0 Å². The number of hydrogen-bond donors (Lipinski definition) is 4. The van der Waals surface area contributed by atoms with E-state index >= 15 is 0 Å². The van der Waals surface area contributed by atoms with Gasteiger partial charge in [0.1, 0.15) is 0 Å². The first-order valence-corrected chi connectivity index (χ1v) is 6.55. The fourth-order valence-electron chi connectivity index (χ4n) is 1.52. The van der Waals surface area contributed by atoms with E-state index in [0.717, 1.165) is 48.4 Å². The van der Waals surface area contributed by atoms with Crippen LogP contribution in [0.3, 0.4) is 0 Å². The van der Waals surface area contributed by atoms with Gasteiger partial charge in [-0.1, -0.05) is 18.9 Å². The fourth-order valence-corrected chi connectivity index (χ4v) is 1.52. The van der Waals surface area contributed by atoms with Gasteiger partial charge in [0.15, 0.2) is 0 Å². The summed E-state index contributed by atoms with van der Waals surface area (Å²) in [4.78, 5) is 0. The van der Waals surface area contributed by atoms with E-state index < -0.39 is 0 Å². The Morgan fingerprint density at radius 1 is 0.833 bits per heavy atom. The molecule has 0 radical (unpaired) electrons. The number of nitrogens with two attached hydrogens (primary N) is 4. The first kappa shape index (κ1) is 16.7. The van der Waals surface area contributed by atoms with Crippen LogP contribution >= 0.6 is 0 Å². The molecule has 0 aliphatic rings. The zero-order valence-corrected chi connectivity index (χ0v) is 11.7. The normalized spacial score (nSPS) is 9.78. The maximum atomic E-state index is 5.70. The molecule has 4 heteroatoms. The molecule has 0 aliphatic heterocycles. The lowest BCUT2D eigenvalue weighted by Crippen LogP contribution is -2.00. The van der Waals surface area contributed by atoms with Crippen LogP contribution in [0.2, 0.25) is 0 Å². The molecule has 8 N–H and O–H groups in total. The summed E-state index contributed by atoms with van der Waals surface area (Å²) in [5.74, 6) is 0. The van der Waals surface area contributed by atoms with Crippen LogP contribution in [0, 0.1) is 13.8 Å². The lowest BCUT2D eigenvalue weighted by molar-refractivity contribution is 0.653. The molecule has 0 unspecified atom stereocenters. The van der Waals surface area contributed by atoms with Crippen LogP contribution in [0.4, 0.5) is 11.4 Å². The highest BCUT2D eigenvalue weighted by atomic mass is 14.6. The lowest BCUT2D eigenvalue weighted by atomic mass is 10.1. The second-order valence-electron chi connectivity index (χ2n) is 4.50. The van der Waals surface area contributed by atoms with Crippen molar-refractivity contribution < 1.29 is 0 Å². The third-order valence-electron chi connectivity index (χ3n) is 2.93. The molecule has 0 atom stereocenters. The van der Waals surface area contributed by atoms with Gasteiger partial charge >= 0.3 is 0 Å². The third kappa shape index (κ3) is 6.47. The first-order chi connectivity index (χ1) is 8.54.